The van der Waals surface area contributed by atoms with Crippen LogP contribution in [-0.4, -0.2) is 49.3 Å². The second-order valence-electron chi connectivity index (χ2n) is 3.42. The van der Waals surface area contributed by atoms with E-state index in [2.05, 4.69) is 4.74 Å². The summed E-state index contributed by atoms with van der Waals surface area (Å²) in [5, 5.41) is 0. The Morgan fingerprint density at radius 3 is 2.05 bits per heavy atom. The second kappa shape index (κ2) is 6.57. The third-order valence-corrected chi connectivity index (χ3v) is 1.69. The van der Waals surface area contributed by atoms with Crippen molar-refractivity contribution in [3.8, 4) is 0 Å². The highest BCUT2D eigenvalue weighted by atomic mass is 19.4. The molecule has 4 nitrogen and oxygen atoms in total. The van der Waals surface area contributed by atoms with Crippen molar-refractivity contribution in [1.29, 1.82) is 0 Å². The van der Waals surface area contributed by atoms with E-state index < -0.39 is 43.2 Å². The lowest BCUT2D eigenvalue weighted by atomic mass is 10.4. The zero-order chi connectivity index (χ0) is 16.1. The van der Waals surface area contributed by atoms with Gasteiger partial charge in [-0.2, -0.15) is 26.3 Å². The zero-order valence-electron chi connectivity index (χ0n) is 9.81. The van der Waals surface area contributed by atoms with E-state index in [9.17, 15) is 40.3 Å². The lowest BCUT2D eigenvalue weighted by Gasteiger charge is -2.17. The number of ether oxygens (including phenoxy) is 1. The molecule has 0 aliphatic heterocycles. The molecule has 0 fully saturated rings. The van der Waals surface area contributed by atoms with Crippen LogP contribution in [0.2, 0.25) is 0 Å². The molecule has 0 radical (unpaired) electrons. The molecule has 0 atom stereocenters. The summed E-state index contributed by atoms with van der Waals surface area (Å²) in [6.45, 7) is -2.98. The van der Waals surface area contributed by atoms with Crippen LogP contribution in [0.5, 0.6) is 0 Å². The molecule has 0 saturated heterocycles. The topological polar surface area (TPSA) is 46.6 Å². The molecule has 0 aliphatic carbocycles. The summed E-state index contributed by atoms with van der Waals surface area (Å²) in [5.41, 5.74) is 0. The molecule has 0 spiro atoms. The molecule has 0 aliphatic rings. The van der Waals surface area contributed by atoms with Crippen molar-refractivity contribution < 1.29 is 45.1 Å². The first-order chi connectivity index (χ1) is 8.84. The van der Waals surface area contributed by atoms with Crippen molar-refractivity contribution >= 4 is 11.9 Å². The van der Waals surface area contributed by atoms with E-state index >= 15 is 0 Å². The molecule has 0 aromatic carbocycles. The molecule has 0 aromatic rings. The van der Waals surface area contributed by atoms with Crippen LogP contribution in [0.4, 0.5) is 30.7 Å². The van der Waals surface area contributed by atoms with Crippen LogP contribution in [-0.2, 0) is 14.3 Å². The lowest BCUT2D eigenvalue weighted by molar-refractivity contribution is -0.169. The minimum absolute atomic E-state index is 0.0356. The average Bonchev–Trinajstić information content (AvgIpc) is 2.23. The highest BCUT2D eigenvalue weighted by Gasteiger charge is 2.35. The minimum atomic E-state index is -5.27. The van der Waals surface area contributed by atoms with Gasteiger partial charge in [-0.1, -0.05) is 0 Å². The van der Waals surface area contributed by atoms with Crippen LogP contribution in [0, 0.1) is 0 Å². The van der Waals surface area contributed by atoms with Gasteiger partial charge < -0.3 is 9.64 Å². The monoisotopic (exact) mass is 311 g/mol. The number of amides is 1. The number of esters is 1. The molecule has 0 bridgehead atoms. The Kier molecular flexibility index (Phi) is 5.97. The molecule has 1 amide bonds. The molecular weight excluding hydrogens is 303 g/mol. The van der Waals surface area contributed by atoms with Gasteiger partial charge in [0.15, 0.2) is 0 Å². The highest BCUT2D eigenvalue weighted by Crippen LogP contribution is 2.26. The molecule has 20 heavy (non-hydrogen) atoms. The van der Waals surface area contributed by atoms with E-state index in [4.69, 9.17) is 0 Å². The van der Waals surface area contributed by atoms with Crippen molar-refractivity contribution in [1.82, 2.24) is 4.90 Å². The summed E-state index contributed by atoms with van der Waals surface area (Å²) in [4.78, 5) is 21.9. The third kappa shape index (κ3) is 6.95. The van der Waals surface area contributed by atoms with Crippen LogP contribution in [0.3, 0.4) is 0 Å². The van der Waals surface area contributed by atoms with Gasteiger partial charge in [0.2, 0.25) is 5.83 Å². The number of likely N-dealkylation sites (N-methyl/N-ethyl adjacent to an activating group) is 1. The van der Waals surface area contributed by atoms with Crippen molar-refractivity contribution in [2.45, 2.75) is 12.4 Å². The van der Waals surface area contributed by atoms with Crippen LogP contribution in [0.1, 0.15) is 0 Å². The third-order valence-electron chi connectivity index (χ3n) is 1.69. The molecule has 0 N–H and O–H groups in total. The van der Waals surface area contributed by atoms with Crippen molar-refractivity contribution in [3.63, 3.8) is 0 Å². The fourth-order valence-corrected chi connectivity index (χ4v) is 0.865. The zero-order valence-corrected chi connectivity index (χ0v) is 9.81. The highest BCUT2D eigenvalue weighted by molar-refractivity contribution is 6.32. The number of alkyl halides is 6. The van der Waals surface area contributed by atoms with Gasteiger partial charge in [0.25, 0.3) is 0 Å². The van der Waals surface area contributed by atoms with Gasteiger partial charge in [-0.05, 0) is 6.08 Å². The normalized spacial score (nSPS) is 13.1. The van der Waals surface area contributed by atoms with E-state index in [1.165, 1.54) is 0 Å². The minimum Gasteiger partial charge on any atom is -0.454 e. The van der Waals surface area contributed by atoms with Crippen molar-refractivity contribution in [2.75, 3.05) is 20.2 Å². The Bertz CT molecular complexity index is 399. The molecule has 0 aromatic heterocycles. The SMILES string of the molecule is CN(CC(F)(F)F)C(=O)C(=O)OC/C=C(\F)C(F)(F)F. The summed E-state index contributed by atoms with van der Waals surface area (Å²) >= 11 is 0. The van der Waals surface area contributed by atoms with E-state index in [-0.39, 0.29) is 11.0 Å². The Balaban J connectivity index is 4.39. The number of nitrogens with zero attached hydrogens (tertiary/aromatic N) is 1. The maximum atomic E-state index is 12.2. The number of hydrogen-bond acceptors (Lipinski definition) is 3. The number of rotatable bonds is 3. The Morgan fingerprint density at radius 2 is 1.65 bits per heavy atom. The Labute approximate surface area is 107 Å². The molecule has 0 heterocycles. The predicted molar refractivity (Wildman–Crippen MR) is 49.9 cm³/mol. The Hall–Kier alpha value is -1.81. The molecule has 0 saturated carbocycles. The van der Waals surface area contributed by atoms with Gasteiger partial charge in [-0.3, -0.25) is 4.79 Å². The number of carbonyl (C=O) groups excluding carboxylic acids is 2. The first kappa shape index (κ1) is 18.2. The molecule has 0 unspecified atom stereocenters. The van der Waals surface area contributed by atoms with Gasteiger partial charge in [0.05, 0.1) is 0 Å². The quantitative estimate of drug-likeness (QED) is 0.455. The number of hydrogen-bond donors (Lipinski definition) is 0. The van der Waals surface area contributed by atoms with E-state index in [1.54, 1.807) is 0 Å². The first-order valence-electron chi connectivity index (χ1n) is 4.76. The van der Waals surface area contributed by atoms with Gasteiger partial charge in [-0.25, -0.2) is 9.18 Å². The van der Waals surface area contributed by atoms with Crippen molar-refractivity contribution in [2.24, 2.45) is 0 Å². The summed E-state index contributed by atoms with van der Waals surface area (Å²) in [5.74, 6) is -6.10. The van der Waals surface area contributed by atoms with E-state index in [1.807, 2.05) is 0 Å². The second-order valence-corrected chi connectivity index (χ2v) is 3.42. The summed E-state index contributed by atoms with van der Waals surface area (Å²) in [6.07, 6.45) is -10.2. The van der Waals surface area contributed by atoms with Crippen LogP contribution in [0.25, 0.3) is 0 Å². The summed E-state index contributed by atoms with van der Waals surface area (Å²) in [6, 6.07) is 0. The number of carbonyl (C=O) groups is 2. The summed E-state index contributed by atoms with van der Waals surface area (Å²) in [7, 11) is 0.642. The van der Waals surface area contributed by atoms with Crippen LogP contribution in [0.15, 0.2) is 11.9 Å². The fraction of sp³-hybridized carbons (Fsp3) is 0.556. The van der Waals surface area contributed by atoms with Crippen LogP contribution >= 0.6 is 0 Å². The van der Waals surface area contributed by atoms with Crippen LogP contribution < -0.4 is 0 Å². The maximum absolute atomic E-state index is 12.2. The fourth-order valence-electron chi connectivity index (χ4n) is 0.865. The average molecular weight is 311 g/mol. The van der Waals surface area contributed by atoms with Gasteiger partial charge in [-0.15, -0.1) is 0 Å². The maximum Gasteiger partial charge on any atom is 0.442 e. The smallest absolute Gasteiger partial charge is 0.442 e. The van der Waals surface area contributed by atoms with Gasteiger partial charge in [0, 0.05) is 7.05 Å². The molecule has 0 rings (SSSR count). The number of allylic oxidation sites excluding steroid dienone is 1. The van der Waals surface area contributed by atoms with Crippen molar-refractivity contribution in [3.05, 3.63) is 11.9 Å². The largest absolute Gasteiger partial charge is 0.454 e. The van der Waals surface area contributed by atoms with Gasteiger partial charge in [0.1, 0.15) is 13.2 Å². The standard InChI is InChI=1S/C9H8F7NO3/c1-17(4-8(11,12)13)6(18)7(19)20-3-2-5(10)9(14,15)16/h2H,3-4H2,1H3/b5-2-. The first-order valence-corrected chi connectivity index (χ1v) is 4.76. The Morgan fingerprint density at radius 1 is 1.15 bits per heavy atom. The predicted octanol–water partition coefficient (Wildman–Crippen LogP) is 1.97. The molecule has 11 heteroatoms. The van der Waals surface area contributed by atoms with E-state index in [0.29, 0.717) is 7.05 Å². The lowest BCUT2D eigenvalue weighted by Crippen LogP contribution is -2.40. The summed E-state index contributed by atoms with van der Waals surface area (Å²) < 4.78 is 86.8. The van der Waals surface area contributed by atoms with E-state index in [0.717, 1.165) is 0 Å². The number of halogens is 7. The van der Waals surface area contributed by atoms with Gasteiger partial charge >= 0.3 is 24.2 Å². The molecular formula is C9H8F7NO3. The molecule has 116 valence electrons.